The van der Waals surface area contributed by atoms with Gasteiger partial charge >= 0.3 is 0 Å². The Morgan fingerprint density at radius 3 is 2.47 bits per heavy atom. The molecule has 1 N–H and O–H groups in total. The van der Waals surface area contributed by atoms with Crippen LogP contribution < -0.4 is 0 Å². The van der Waals surface area contributed by atoms with Gasteiger partial charge in [0.15, 0.2) is 0 Å². The van der Waals surface area contributed by atoms with E-state index in [1.807, 2.05) is 17.7 Å². The van der Waals surface area contributed by atoms with E-state index in [-0.39, 0.29) is 5.41 Å². The maximum atomic E-state index is 10.5. The normalized spacial score (nSPS) is 19.1. The first kappa shape index (κ1) is 14.9. The Balaban J connectivity index is 2.40. The van der Waals surface area contributed by atoms with Gasteiger partial charge in [0.1, 0.15) is 5.75 Å². The average Bonchev–Trinajstić information content (AvgIpc) is 2.80. The number of aryl methyl sites for hydroxylation is 1. The molecule has 1 nitrogen and oxygen atoms in total. The van der Waals surface area contributed by atoms with Crippen molar-refractivity contribution in [3.05, 3.63) is 39.8 Å². The molecule has 1 atom stereocenters. The molecule has 0 amide bonds. The van der Waals surface area contributed by atoms with E-state index in [1.54, 1.807) is 10.8 Å². The van der Waals surface area contributed by atoms with E-state index in [1.165, 1.54) is 11.1 Å². The van der Waals surface area contributed by atoms with Crippen molar-refractivity contribution in [3.8, 4) is 5.75 Å². The molecule has 0 saturated carbocycles. The van der Waals surface area contributed by atoms with Crippen molar-refractivity contribution in [1.82, 2.24) is 0 Å². The van der Waals surface area contributed by atoms with Gasteiger partial charge in [-0.2, -0.15) is 0 Å². The van der Waals surface area contributed by atoms with Gasteiger partial charge in [0.25, 0.3) is 0 Å². The maximum Gasteiger partial charge on any atom is 0.122 e. The molecule has 1 aromatic rings. The van der Waals surface area contributed by atoms with Crippen molar-refractivity contribution in [2.45, 2.75) is 51.7 Å². The molecule has 0 radical (unpaired) electrons. The van der Waals surface area contributed by atoms with E-state index in [2.05, 4.69) is 45.2 Å². The SMILES string of the molecule is Cc1cc(C(C)(C)C)c(O)c(C)c1CC1C=CSS1. The quantitative estimate of drug-likeness (QED) is 0.764. The Morgan fingerprint density at radius 1 is 1.26 bits per heavy atom. The third-order valence-electron chi connectivity index (χ3n) is 3.64. The molecule has 1 aromatic carbocycles. The fourth-order valence-electron chi connectivity index (χ4n) is 2.46. The van der Waals surface area contributed by atoms with Crippen LogP contribution in [0.1, 0.15) is 43.0 Å². The summed E-state index contributed by atoms with van der Waals surface area (Å²) < 4.78 is 0. The highest BCUT2D eigenvalue weighted by Crippen LogP contribution is 2.41. The standard InChI is InChI=1S/C16H22OS2/c1-10-8-14(16(3,4)5)15(17)11(2)13(10)9-12-6-7-18-19-12/h6-8,12,17H,9H2,1-5H3. The molecule has 2 rings (SSSR count). The first-order chi connectivity index (χ1) is 8.80. The fraction of sp³-hybridized carbons (Fsp3) is 0.500. The van der Waals surface area contributed by atoms with E-state index in [9.17, 15) is 5.11 Å². The van der Waals surface area contributed by atoms with Crippen LogP contribution >= 0.6 is 21.6 Å². The molecule has 3 heteroatoms. The number of hydrogen-bond acceptors (Lipinski definition) is 3. The minimum Gasteiger partial charge on any atom is -0.507 e. The van der Waals surface area contributed by atoms with Crippen LogP contribution in [0.3, 0.4) is 0 Å². The Bertz CT molecular complexity index is 512. The van der Waals surface area contributed by atoms with Crippen molar-refractivity contribution >= 4 is 21.6 Å². The number of rotatable bonds is 2. The van der Waals surface area contributed by atoms with Crippen LogP contribution in [0.5, 0.6) is 5.75 Å². The van der Waals surface area contributed by atoms with Gasteiger partial charge in [0.2, 0.25) is 0 Å². The van der Waals surface area contributed by atoms with Crippen molar-refractivity contribution in [2.24, 2.45) is 0 Å². The number of benzene rings is 1. The van der Waals surface area contributed by atoms with Gasteiger partial charge in [-0.05, 0) is 53.3 Å². The fourth-order valence-corrected chi connectivity index (χ4v) is 4.60. The number of phenols is 1. The molecule has 1 aliphatic heterocycles. The van der Waals surface area contributed by atoms with Crippen LogP contribution in [0.4, 0.5) is 0 Å². The summed E-state index contributed by atoms with van der Waals surface area (Å²) in [6.45, 7) is 10.6. The molecule has 0 bridgehead atoms. The number of phenolic OH excluding ortho intramolecular Hbond substituents is 1. The summed E-state index contributed by atoms with van der Waals surface area (Å²) in [6.07, 6.45) is 3.26. The highest BCUT2D eigenvalue weighted by atomic mass is 33.1. The van der Waals surface area contributed by atoms with Crippen molar-refractivity contribution in [3.63, 3.8) is 0 Å². The number of hydrogen-bond donors (Lipinski definition) is 1. The monoisotopic (exact) mass is 294 g/mol. The van der Waals surface area contributed by atoms with Crippen LogP contribution in [0, 0.1) is 13.8 Å². The predicted molar refractivity (Wildman–Crippen MR) is 88.1 cm³/mol. The largest absolute Gasteiger partial charge is 0.507 e. The smallest absolute Gasteiger partial charge is 0.122 e. The molecule has 19 heavy (non-hydrogen) atoms. The lowest BCUT2D eigenvalue weighted by molar-refractivity contribution is 0.441. The van der Waals surface area contributed by atoms with Crippen LogP contribution in [0.2, 0.25) is 0 Å². The Hall–Kier alpha value is -0.540. The second-order valence-electron chi connectivity index (χ2n) is 6.21. The van der Waals surface area contributed by atoms with Crippen LogP contribution in [0.15, 0.2) is 17.6 Å². The highest BCUT2D eigenvalue weighted by molar-refractivity contribution is 8.78. The summed E-state index contributed by atoms with van der Waals surface area (Å²) in [4.78, 5) is 0. The second kappa shape index (κ2) is 5.45. The molecule has 0 saturated heterocycles. The van der Waals surface area contributed by atoms with Crippen molar-refractivity contribution < 1.29 is 5.11 Å². The Morgan fingerprint density at radius 2 is 1.95 bits per heavy atom. The Kier molecular flexibility index (Phi) is 4.26. The lowest BCUT2D eigenvalue weighted by Crippen LogP contribution is -2.14. The molecule has 1 aliphatic rings. The topological polar surface area (TPSA) is 20.2 Å². The Labute approximate surface area is 124 Å². The average molecular weight is 294 g/mol. The minimum absolute atomic E-state index is 0.0179. The molecule has 0 aromatic heterocycles. The van der Waals surface area contributed by atoms with E-state index >= 15 is 0 Å². The van der Waals surface area contributed by atoms with Crippen LogP contribution in [-0.4, -0.2) is 10.4 Å². The van der Waals surface area contributed by atoms with E-state index < -0.39 is 0 Å². The van der Waals surface area contributed by atoms with Crippen LogP contribution in [0.25, 0.3) is 0 Å². The van der Waals surface area contributed by atoms with Crippen molar-refractivity contribution in [1.29, 1.82) is 0 Å². The molecule has 0 aliphatic carbocycles. The van der Waals surface area contributed by atoms with Gasteiger partial charge in [0, 0.05) is 5.25 Å². The third-order valence-corrected chi connectivity index (χ3v) is 6.00. The summed E-state index contributed by atoms with van der Waals surface area (Å²) in [5.41, 5.74) is 4.68. The first-order valence-corrected chi connectivity index (χ1v) is 8.89. The molecular formula is C16H22OS2. The van der Waals surface area contributed by atoms with Gasteiger partial charge in [-0.1, -0.05) is 54.5 Å². The zero-order chi connectivity index (χ0) is 14.2. The van der Waals surface area contributed by atoms with E-state index in [0.717, 1.165) is 17.5 Å². The zero-order valence-electron chi connectivity index (χ0n) is 12.3. The van der Waals surface area contributed by atoms with Gasteiger partial charge in [-0.25, -0.2) is 0 Å². The molecule has 1 unspecified atom stereocenters. The third kappa shape index (κ3) is 3.14. The lowest BCUT2D eigenvalue weighted by atomic mass is 9.82. The van der Waals surface area contributed by atoms with Gasteiger partial charge in [0.05, 0.1) is 0 Å². The molecule has 104 valence electrons. The summed E-state index contributed by atoms with van der Waals surface area (Å²) in [7, 11) is 3.69. The summed E-state index contributed by atoms with van der Waals surface area (Å²) >= 11 is 0. The van der Waals surface area contributed by atoms with Gasteiger partial charge in [-0.3, -0.25) is 0 Å². The number of aromatic hydroxyl groups is 1. The molecule has 0 fully saturated rings. The molecule has 0 spiro atoms. The first-order valence-electron chi connectivity index (χ1n) is 6.62. The van der Waals surface area contributed by atoms with Crippen LogP contribution in [-0.2, 0) is 11.8 Å². The summed E-state index contributed by atoms with van der Waals surface area (Å²) in [5.74, 6) is 0.479. The zero-order valence-corrected chi connectivity index (χ0v) is 13.9. The minimum atomic E-state index is -0.0179. The maximum absolute atomic E-state index is 10.5. The lowest BCUT2D eigenvalue weighted by Gasteiger charge is -2.25. The molecular weight excluding hydrogens is 272 g/mol. The molecule has 1 heterocycles. The van der Waals surface area contributed by atoms with Gasteiger partial charge in [-0.15, -0.1) is 0 Å². The second-order valence-corrected chi connectivity index (χ2v) is 8.62. The predicted octanol–water partition coefficient (Wildman–Crippen LogP) is 5.13. The van der Waals surface area contributed by atoms with Gasteiger partial charge < -0.3 is 5.11 Å². The summed E-state index contributed by atoms with van der Waals surface area (Å²) in [6, 6.07) is 2.16. The van der Waals surface area contributed by atoms with E-state index in [0.29, 0.717) is 11.0 Å². The summed E-state index contributed by atoms with van der Waals surface area (Å²) in [5, 5.41) is 13.2. The van der Waals surface area contributed by atoms with Crippen molar-refractivity contribution in [2.75, 3.05) is 0 Å². The highest BCUT2D eigenvalue weighted by Gasteiger charge is 2.23. The van der Waals surface area contributed by atoms with E-state index in [4.69, 9.17) is 0 Å².